The lowest BCUT2D eigenvalue weighted by Gasteiger charge is -2.34. The van der Waals surface area contributed by atoms with Gasteiger partial charge in [-0.05, 0) is 42.0 Å². The molecule has 1 fully saturated rings. The largest absolute Gasteiger partial charge is 0.454 e. The highest BCUT2D eigenvalue weighted by atomic mass is 16.7. The lowest BCUT2D eigenvalue weighted by molar-refractivity contribution is -0.115. The Kier molecular flexibility index (Phi) is 4.63. The van der Waals surface area contributed by atoms with Gasteiger partial charge >= 0.3 is 0 Å². The average molecular weight is 407 g/mol. The molecule has 0 aliphatic carbocycles. The van der Waals surface area contributed by atoms with Crippen LogP contribution in [0.2, 0.25) is 0 Å². The van der Waals surface area contributed by atoms with Crippen LogP contribution in [0.3, 0.4) is 0 Å². The Morgan fingerprint density at radius 1 is 0.933 bits per heavy atom. The average Bonchev–Trinajstić information content (AvgIpc) is 3.37. The van der Waals surface area contributed by atoms with Gasteiger partial charge in [0, 0.05) is 43.0 Å². The van der Waals surface area contributed by atoms with E-state index >= 15 is 0 Å². The van der Waals surface area contributed by atoms with Gasteiger partial charge in [-0.3, -0.25) is 19.3 Å². The number of ether oxygens (including phenoxy) is 2. The molecule has 0 radical (unpaired) electrons. The highest BCUT2D eigenvalue weighted by Gasteiger charge is 2.26. The summed E-state index contributed by atoms with van der Waals surface area (Å²) in [7, 11) is 0. The molecule has 1 N–H and O–H groups in total. The second kappa shape index (κ2) is 7.46. The van der Waals surface area contributed by atoms with Crippen LogP contribution in [0.5, 0.6) is 11.5 Å². The minimum Gasteiger partial charge on any atom is -0.454 e. The van der Waals surface area contributed by atoms with Crippen LogP contribution in [0.25, 0.3) is 0 Å². The zero-order valence-electron chi connectivity index (χ0n) is 16.3. The van der Waals surface area contributed by atoms with E-state index in [4.69, 9.17) is 9.47 Å². The van der Waals surface area contributed by atoms with E-state index in [-0.39, 0.29) is 24.4 Å². The third-order valence-corrected chi connectivity index (χ3v) is 5.70. The molecule has 0 atom stereocenters. The first-order valence-corrected chi connectivity index (χ1v) is 9.94. The quantitative estimate of drug-likeness (QED) is 0.774. The summed E-state index contributed by atoms with van der Waals surface area (Å²) in [6.07, 6.45) is 0.317. The highest BCUT2D eigenvalue weighted by molar-refractivity contribution is 6.02. The summed E-state index contributed by atoms with van der Waals surface area (Å²) < 4.78 is 10.6. The molecule has 0 saturated carbocycles. The first-order chi connectivity index (χ1) is 14.6. The fourth-order valence-electron chi connectivity index (χ4n) is 4.02. The maximum atomic E-state index is 12.8. The summed E-state index contributed by atoms with van der Waals surface area (Å²) in [6.45, 7) is 2.86. The molecule has 2 amide bonds. The van der Waals surface area contributed by atoms with Gasteiger partial charge in [-0.25, -0.2) is 0 Å². The number of amides is 2. The number of benzene rings is 2. The van der Waals surface area contributed by atoms with Crippen LogP contribution in [0, 0.1) is 0 Å². The van der Waals surface area contributed by atoms with Crippen molar-refractivity contribution in [2.24, 2.45) is 0 Å². The maximum Gasteiger partial charge on any atom is 0.254 e. The Morgan fingerprint density at radius 2 is 1.70 bits per heavy atom. The van der Waals surface area contributed by atoms with Crippen LogP contribution in [0.4, 0.5) is 5.69 Å². The number of nitrogens with one attached hydrogen (secondary N) is 1. The van der Waals surface area contributed by atoms with Crippen molar-refractivity contribution in [1.82, 2.24) is 9.80 Å². The lowest BCUT2D eigenvalue weighted by Crippen LogP contribution is -2.49. The smallest absolute Gasteiger partial charge is 0.254 e. The van der Waals surface area contributed by atoms with Gasteiger partial charge in [0.15, 0.2) is 17.3 Å². The van der Waals surface area contributed by atoms with Gasteiger partial charge in [0.2, 0.25) is 12.7 Å². The number of hydrogen-bond acceptors (Lipinski definition) is 6. The molecule has 3 aliphatic heterocycles. The number of Topliss-reactive ketones (excluding diaryl/α,β-unsaturated/α-hetero) is 1. The van der Waals surface area contributed by atoms with E-state index in [1.54, 1.807) is 41.3 Å². The van der Waals surface area contributed by atoms with E-state index in [0.29, 0.717) is 61.8 Å². The number of fused-ring (bicyclic) bond motifs is 2. The van der Waals surface area contributed by atoms with Crippen molar-refractivity contribution in [2.45, 2.75) is 6.42 Å². The standard InChI is InChI=1S/C22H21N3O5/c26-18(14-1-3-17-16(9-14)11-21(27)23-17)12-24-5-7-25(8-6-24)22(28)15-2-4-19-20(10-15)30-13-29-19/h1-4,9-10H,5-8,11-13H2,(H,23,27). The fourth-order valence-corrected chi connectivity index (χ4v) is 4.02. The van der Waals surface area contributed by atoms with E-state index in [1.807, 2.05) is 0 Å². The minimum absolute atomic E-state index is 0.0210. The molecule has 3 heterocycles. The molecule has 154 valence electrons. The van der Waals surface area contributed by atoms with Crippen molar-refractivity contribution in [3.05, 3.63) is 53.1 Å². The van der Waals surface area contributed by atoms with E-state index < -0.39 is 0 Å². The third-order valence-electron chi connectivity index (χ3n) is 5.70. The van der Waals surface area contributed by atoms with Gasteiger partial charge in [0.1, 0.15) is 0 Å². The number of piperazine rings is 1. The van der Waals surface area contributed by atoms with Gasteiger partial charge in [-0.1, -0.05) is 0 Å². The maximum absolute atomic E-state index is 12.8. The number of ketones is 1. The van der Waals surface area contributed by atoms with Crippen molar-refractivity contribution in [1.29, 1.82) is 0 Å². The third kappa shape index (κ3) is 3.50. The zero-order chi connectivity index (χ0) is 20.7. The first kappa shape index (κ1) is 18.6. The van der Waals surface area contributed by atoms with Crippen LogP contribution in [0.1, 0.15) is 26.3 Å². The number of carbonyl (C=O) groups is 3. The van der Waals surface area contributed by atoms with Crippen LogP contribution in [-0.4, -0.2) is 66.9 Å². The normalized spacial score (nSPS) is 17.6. The summed E-state index contributed by atoms with van der Waals surface area (Å²) in [5.41, 5.74) is 2.84. The molecule has 2 aromatic carbocycles. The molecular formula is C22H21N3O5. The molecule has 8 nitrogen and oxygen atoms in total. The SMILES string of the molecule is O=C1Cc2cc(C(=O)CN3CCN(C(=O)c4ccc5c(c4)OCO5)CC3)ccc2N1. The molecule has 2 aromatic rings. The summed E-state index contributed by atoms with van der Waals surface area (Å²) in [5.74, 6) is 1.18. The van der Waals surface area contributed by atoms with E-state index in [2.05, 4.69) is 10.2 Å². The van der Waals surface area contributed by atoms with Crippen LogP contribution >= 0.6 is 0 Å². The molecule has 0 unspecified atom stereocenters. The zero-order valence-corrected chi connectivity index (χ0v) is 16.3. The van der Waals surface area contributed by atoms with Crippen LogP contribution in [0.15, 0.2) is 36.4 Å². The van der Waals surface area contributed by atoms with Crippen molar-refractivity contribution < 1.29 is 23.9 Å². The predicted octanol–water partition coefficient (Wildman–Crippen LogP) is 1.55. The van der Waals surface area contributed by atoms with Crippen molar-refractivity contribution in [2.75, 3.05) is 44.8 Å². The highest BCUT2D eigenvalue weighted by Crippen LogP contribution is 2.33. The van der Waals surface area contributed by atoms with Crippen molar-refractivity contribution in [3.63, 3.8) is 0 Å². The lowest BCUT2D eigenvalue weighted by atomic mass is 10.0. The Morgan fingerprint density at radius 3 is 2.53 bits per heavy atom. The van der Waals surface area contributed by atoms with Crippen molar-refractivity contribution in [3.8, 4) is 11.5 Å². The van der Waals surface area contributed by atoms with Gasteiger partial charge in [0.25, 0.3) is 5.91 Å². The molecule has 5 rings (SSSR count). The second-order valence-corrected chi connectivity index (χ2v) is 7.66. The van der Waals surface area contributed by atoms with Gasteiger partial charge < -0.3 is 19.7 Å². The van der Waals surface area contributed by atoms with E-state index in [0.717, 1.165) is 11.3 Å². The Hall–Kier alpha value is -3.39. The van der Waals surface area contributed by atoms with Crippen LogP contribution < -0.4 is 14.8 Å². The topological polar surface area (TPSA) is 88.2 Å². The second-order valence-electron chi connectivity index (χ2n) is 7.66. The van der Waals surface area contributed by atoms with Crippen LogP contribution in [-0.2, 0) is 11.2 Å². The molecule has 3 aliphatic rings. The molecule has 8 heteroatoms. The molecule has 0 bridgehead atoms. The van der Waals surface area contributed by atoms with Gasteiger partial charge in [-0.15, -0.1) is 0 Å². The summed E-state index contributed by atoms with van der Waals surface area (Å²) in [6, 6.07) is 10.6. The predicted molar refractivity (Wildman–Crippen MR) is 108 cm³/mol. The number of anilines is 1. The number of carbonyl (C=O) groups excluding carboxylic acids is 3. The minimum atomic E-state index is -0.0462. The first-order valence-electron chi connectivity index (χ1n) is 9.94. The van der Waals surface area contributed by atoms with Gasteiger partial charge in [0.05, 0.1) is 13.0 Å². The van der Waals surface area contributed by atoms with Crippen molar-refractivity contribution >= 4 is 23.3 Å². The Bertz CT molecular complexity index is 1040. The number of hydrogen-bond donors (Lipinski definition) is 1. The summed E-state index contributed by atoms with van der Waals surface area (Å²) >= 11 is 0. The molecular weight excluding hydrogens is 386 g/mol. The molecule has 30 heavy (non-hydrogen) atoms. The molecule has 1 saturated heterocycles. The number of nitrogens with zero attached hydrogens (tertiary/aromatic N) is 2. The Balaban J connectivity index is 1.17. The monoisotopic (exact) mass is 407 g/mol. The summed E-state index contributed by atoms with van der Waals surface area (Å²) in [5, 5.41) is 2.77. The van der Waals surface area contributed by atoms with E-state index in [1.165, 1.54) is 0 Å². The molecule has 0 spiro atoms. The van der Waals surface area contributed by atoms with Gasteiger partial charge in [-0.2, -0.15) is 0 Å². The number of rotatable bonds is 4. The van der Waals surface area contributed by atoms with E-state index in [9.17, 15) is 14.4 Å². The Labute approximate surface area is 173 Å². The summed E-state index contributed by atoms with van der Waals surface area (Å²) in [4.78, 5) is 40.8. The fraction of sp³-hybridized carbons (Fsp3) is 0.318. The molecule has 0 aromatic heterocycles.